The maximum absolute atomic E-state index is 5.65. The average Bonchev–Trinajstić information content (AvgIpc) is 2.16. The smallest absolute Gasteiger partial charge is 0.0599 e. The van der Waals surface area contributed by atoms with Crippen LogP contribution < -0.4 is 0 Å². The van der Waals surface area contributed by atoms with Crippen LogP contribution in [0.5, 0.6) is 0 Å². The molecule has 0 spiro atoms. The van der Waals surface area contributed by atoms with E-state index >= 15 is 0 Å². The Hall–Kier alpha value is -0.0800. The van der Waals surface area contributed by atoms with Crippen LogP contribution in [-0.4, -0.2) is 37.2 Å². The van der Waals surface area contributed by atoms with Crippen LogP contribution in [0, 0.1) is 5.41 Å². The number of hydrogen-bond acceptors (Lipinski definition) is 2. The lowest BCUT2D eigenvalue weighted by molar-refractivity contribution is 0.0124. The van der Waals surface area contributed by atoms with Gasteiger partial charge in [0, 0.05) is 19.7 Å². The zero-order valence-electron chi connectivity index (χ0n) is 10.9. The quantitative estimate of drug-likeness (QED) is 0.712. The van der Waals surface area contributed by atoms with Crippen molar-refractivity contribution in [3.63, 3.8) is 0 Å². The average molecular weight is 213 g/mol. The van der Waals surface area contributed by atoms with Crippen molar-refractivity contribution in [2.75, 3.05) is 26.2 Å². The molecular weight excluding hydrogens is 186 g/mol. The third kappa shape index (κ3) is 5.53. The highest BCUT2D eigenvalue weighted by molar-refractivity contribution is 4.74. The molecule has 90 valence electrons. The molecule has 2 nitrogen and oxygen atoms in total. The van der Waals surface area contributed by atoms with Crippen molar-refractivity contribution in [2.24, 2.45) is 5.41 Å². The van der Waals surface area contributed by atoms with Crippen LogP contribution in [0.1, 0.15) is 47.0 Å². The van der Waals surface area contributed by atoms with Crippen molar-refractivity contribution in [1.82, 2.24) is 4.90 Å². The number of ether oxygens (including phenoxy) is 1. The van der Waals surface area contributed by atoms with Crippen LogP contribution in [0.15, 0.2) is 0 Å². The van der Waals surface area contributed by atoms with Crippen molar-refractivity contribution < 1.29 is 4.74 Å². The van der Waals surface area contributed by atoms with E-state index in [1.165, 1.54) is 38.9 Å². The summed E-state index contributed by atoms with van der Waals surface area (Å²) in [6.07, 6.45) is 4.27. The van der Waals surface area contributed by atoms with E-state index in [-0.39, 0.29) is 0 Å². The molecule has 0 amide bonds. The number of rotatable bonds is 4. The van der Waals surface area contributed by atoms with E-state index in [0.717, 1.165) is 6.61 Å². The van der Waals surface area contributed by atoms with E-state index in [1.807, 2.05) is 0 Å². The molecule has 2 heteroatoms. The Morgan fingerprint density at radius 3 is 2.27 bits per heavy atom. The zero-order chi connectivity index (χ0) is 11.3. The van der Waals surface area contributed by atoms with Gasteiger partial charge >= 0.3 is 0 Å². The molecule has 0 unspecified atom stereocenters. The molecule has 0 aromatic rings. The van der Waals surface area contributed by atoms with Crippen molar-refractivity contribution in [2.45, 2.75) is 53.1 Å². The van der Waals surface area contributed by atoms with E-state index in [0.29, 0.717) is 11.5 Å². The lowest BCUT2D eigenvalue weighted by Gasteiger charge is -2.33. The first-order valence-electron chi connectivity index (χ1n) is 6.35. The van der Waals surface area contributed by atoms with Crippen LogP contribution in [0.2, 0.25) is 0 Å². The fourth-order valence-corrected chi connectivity index (χ4v) is 2.03. The Kier molecular flexibility index (Phi) is 5.07. The maximum Gasteiger partial charge on any atom is 0.0599 e. The van der Waals surface area contributed by atoms with Crippen molar-refractivity contribution in [3.8, 4) is 0 Å². The van der Waals surface area contributed by atoms with Crippen molar-refractivity contribution >= 4 is 0 Å². The lowest BCUT2D eigenvalue weighted by atomic mass is 9.91. The Morgan fingerprint density at radius 2 is 1.80 bits per heavy atom. The van der Waals surface area contributed by atoms with Gasteiger partial charge in [-0.15, -0.1) is 0 Å². The second kappa shape index (κ2) is 5.86. The van der Waals surface area contributed by atoms with E-state index in [2.05, 4.69) is 32.6 Å². The molecule has 0 bridgehead atoms. The first kappa shape index (κ1) is 13.0. The molecule has 1 aliphatic rings. The summed E-state index contributed by atoms with van der Waals surface area (Å²) in [5.41, 5.74) is 0.469. The molecule has 0 radical (unpaired) electrons. The SMILES string of the molecule is CCOC1CCN(CCC(C)(C)C)CC1. The molecule has 0 aromatic heterocycles. The van der Waals surface area contributed by atoms with Crippen LogP contribution in [0.3, 0.4) is 0 Å². The topological polar surface area (TPSA) is 12.5 Å². The highest BCUT2D eigenvalue weighted by Crippen LogP contribution is 2.21. The minimum atomic E-state index is 0.469. The largest absolute Gasteiger partial charge is 0.378 e. The number of hydrogen-bond donors (Lipinski definition) is 0. The van der Waals surface area contributed by atoms with Gasteiger partial charge in [0.25, 0.3) is 0 Å². The third-order valence-electron chi connectivity index (χ3n) is 3.12. The van der Waals surface area contributed by atoms with E-state index in [1.54, 1.807) is 0 Å². The molecule has 0 aromatic carbocycles. The Labute approximate surface area is 95.0 Å². The minimum absolute atomic E-state index is 0.469. The summed E-state index contributed by atoms with van der Waals surface area (Å²) in [7, 11) is 0. The third-order valence-corrected chi connectivity index (χ3v) is 3.12. The van der Waals surface area contributed by atoms with Gasteiger partial charge in [-0.25, -0.2) is 0 Å². The van der Waals surface area contributed by atoms with Crippen LogP contribution in [-0.2, 0) is 4.74 Å². The summed E-state index contributed by atoms with van der Waals surface area (Å²) < 4.78 is 5.65. The number of nitrogens with zero attached hydrogens (tertiary/aromatic N) is 1. The van der Waals surface area contributed by atoms with Gasteiger partial charge in [0.15, 0.2) is 0 Å². The van der Waals surface area contributed by atoms with Crippen LogP contribution >= 0.6 is 0 Å². The van der Waals surface area contributed by atoms with Gasteiger partial charge in [0.2, 0.25) is 0 Å². The molecule has 1 rings (SSSR count). The molecular formula is C13H27NO. The number of likely N-dealkylation sites (tertiary alicyclic amines) is 1. The minimum Gasteiger partial charge on any atom is -0.378 e. The second-order valence-corrected chi connectivity index (χ2v) is 5.81. The fraction of sp³-hybridized carbons (Fsp3) is 1.00. The molecule has 1 saturated heterocycles. The first-order chi connectivity index (χ1) is 7.01. The van der Waals surface area contributed by atoms with Gasteiger partial charge in [-0.1, -0.05) is 20.8 Å². The van der Waals surface area contributed by atoms with Crippen LogP contribution in [0.4, 0.5) is 0 Å². The first-order valence-corrected chi connectivity index (χ1v) is 6.35. The summed E-state index contributed by atoms with van der Waals surface area (Å²) in [5.74, 6) is 0. The molecule has 1 heterocycles. The number of piperidine rings is 1. The van der Waals surface area contributed by atoms with Gasteiger partial charge in [0.05, 0.1) is 6.10 Å². The Bertz CT molecular complexity index is 166. The second-order valence-electron chi connectivity index (χ2n) is 5.81. The summed E-state index contributed by atoms with van der Waals surface area (Å²) >= 11 is 0. The van der Waals surface area contributed by atoms with Gasteiger partial charge in [-0.05, 0) is 38.1 Å². The molecule has 0 atom stereocenters. The summed E-state index contributed by atoms with van der Waals surface area (Å²) in [6, 6.07) is 0. The maximum atomic E-state index is 5.65. The fourth-order valence-electron chi connectivity index (χ4n) is 2.03. The van der Waals surface area contributed by atoms with Crippen molar-refractivity contribution in [1.29, 1.82) is 0 Å². The van der Waals surface area contributed by atoms with E-state index in [9.17, 15) is 0 Å². The van der Waals surface area contributed by atoms with E-state index in [4.69, 9.17) is 4.74 Å². The Morgan fingerprint density at radius 1 is 1.20 bits per heavy atom. The monoisotopic (exact) mass is 213 g/mol. The van der Waals surface area contributed by atoms with Gasteiger partial charge in [0.1, 0.15) is 0 Å². The van der Waals surface area contributed by atoms with Crippen LogP contribution in [0.25, 0.3) is 0 Å². The molecule has 15 heavy (non-hydrogen) atoms. The highest BCUT2D eigenvalue weighted by atomic mass is 16.5. The predicted molar refractivity (Wildman–Crippen MR) is 65.2 cm³/mol. The molecule has 0 N–H and O–H groups in total. The van der Waals surface area contributed by atoms with E-state index < -0.39 is 0 Å². The summed E-state index contributed by atoms with van der Waals surface area (Å²) in [5, 5.41) is 0. The molecule has 0 aliphatic carbocycles. The lowest BCUT2D eigenvalue weighted by Crippen LogP contribution is -2.38. The molecule has 1 aliphatic heterocycles. The predicted octanol–water partition coefficient (Wildman–Crippen LogP) is 2.92. The zero-order valence-corrected chi connectivity index (χ0v) is 10.9. The normalized spacial score (nSPS) is 20.8. The Balaban J connectivity index is 2.15. The summed E-state index contributed by atoms with van der Waals surface area (Å²) in [4.78, 5) is 2.58. The molecule has 1 fully saturated rings. The standard InChI is InChI=1S/C13H27NO/c1-5-15-12-6-9-14(10-7-12)11-8-13(2,3)4/h12H,5-11H2,1-4H3. The molecule has 0 saturated carbocycles. The summed E-state index contributed by atoms with van der Waals surface area (Å²) in [6.45, 7) is 13.6. The van der Waals surface area contributed by atoms with Gasteiger partial charge < -0.3 is 9.64 Å². The van der Waals surface area contributed by atoms with Gasteiger partial charge in [-0.3, -0.25) is 0 Å². The van der Waals surface area contributed by atoms with Crippen molar-refractivity contribution in [3.05, 3.63) is 0 Å². The van der Waals surface area contributed by atoms with Gasteiger partial charge in [-0.2, -0.15) is 0 Å². The highest BCUT2D eigenvalue weighted by Gasteiger charge is 2.20.